The highest BCUT2D eigenvalue weighted by atomic mass is 32.2. The summed E-state index contributed by atoms with van der Waals surface area (Å²) in [4.78, 5) is 2.50. The van der Waals surface area contributed by atoms with Gasteiger partial charge in [0.05, 0.1) is 23.4 Å². The van der Waals surface area contributed by atoms with E-state index in [-0.39, 0.29) is 6.04 Å². The summed E-state index contributed by atoms with van der Waals surface area (Å²) in [5, 5.41) is 4.20. The number of nitrogens with one attached hydrogen (secondary N) is 1. The average Bonchev–Trinajstić information content (AvgIpc) is 3.22. The third-order valence-corrected chi connectivity index (χ3v) is 6.29. The molecule has 3 heterocycles. The van der Waals surface area contributed by atoms with Crippen molar-refractivity contribution in [2.75, 3.05) is 24.6 Å². The van der Waals surface area contributed by atoms with Crippen molar-refractivity contribution < 1.29 is 13.2 Å². The summed E-state index contributed by atoms with van der Waals surface area (Å²) in [6.07, 6.45) is 6.32. The topological polar surface area (TPSA) is 76.5 Å². The van der Waals surface area contributed by atoms with Gasteiger partial charge in [-0.05, 0) is 36.6 Å². The van der Waals surface area contributed by atoms with Gasteiger partial charge in [-0.15, -0.1) is 0 Å². The number of hydrogen-bond donors (Lipinski definition) is 1. The molecule has 0 spiro atoms. The van der Waals surface area contributed by atoms with Crippen LogP contribution in [0.1, 0.15) is 18.4 Å². The van der Waals surface area contributed by atoms with Gasteiger partial charge in [0.2, 0.25) is 10.0 Å². The third-order valence-electron chi connectivity index (χ3n) is 4.77. The molecule has 1 fully saturated rings. The van der Waals surface area contributed by atoms with Crippen molar-refractivity contribution in [2.24, 2.45) is 7.05 Å². The predicted octanol–water partition coefficient (Wildman–Crippen LogP) is 1.30. The molecule has 1 atom stereocenters. The fraction of sp³-hybridized carbons (Fsp3) is 0.471. The summed E-state index contributed by atoms with van der Waals surface area (Å²) in [6.45, 7) is 2.19. The largest absolute Gasteiger partial charge is 0.493 e. The lowest BCUT2D eigenvalue weighted by Gasteiger charge is -2.33. The number of benzene rings is 1. The van der Waals surface area contributed by atoms with E-state index in [1.807, 2.05) is 19.4 Å². The van der Waals surface area contributed by atoms with Crippen LogP contribution < -0.4 is 14.4 Å². The van der Waals surface area contributed by atoms with Crippen LogP contribution in [0.2, 0.25) is 0 Å². The predicted molar refractivity (Wildman–Crippen MR) is 94.4 cm³/mol. The Labute approximate surface area is 147 Å². The van der Waals surface area contributed by atoms with E-state index in [9.17, 15) is 8.42 Å². The Morgan fingerprint density at radius 1 is 1.36 bits per heavy atom. The Morgan fingerprint density at radius 2 is 2.24 bits per heavy atom. The first-order valence-corrected chi connectivity index (χ1v) is 10.0. The molecule has 2 aliphatic rings. The van der Waals surface area contributed by atoms with E-state index in [1.54, 1.807) is 22.9 Å². The van der Waals surface area contributed by atoms with Crippen molar-refractivity contribution in [1.82, 2.24) is 14.5 Å². The van der Waals surface area contributed by atoms with Crippen LogP contribution in [0.3, 0.4) is 0 Å². The number of aryl methyl sites for hydroxylation is 1. The maximum Gasteiger partial charge on any atom is 0.240 e. The van der Waals surface area contributed by atoms with Gasteiger partial charge >= 0.3 is 0 Å². The van der Waals surface area contributed by atoms with Crippen LogP contribution in [-0.2, 0) is 23.5 Å². The van der Waals surface area contributed by atoms with Crippen LogP contribution >= 0.6 is 0 Å². The van der Waals surface area contributed by atoms with Gasteiger partial charge in [0.25, 0.3) is 0 Å². The van der Waals surface area contributed by atoms with E-state index in [2.05, 4.69) is 14.7 Å². The van der Waals surface area contributed by atoms with Gasteiger partial charge in [-0.2, -0.15) is 5.10 Å². The van der Waals surface area contributed by atoms with Crippen molar-refractivity contribution in [3.05, 3.63) is 36.2 Å². The van der Waals surface area contributed by atoms with Crippen LogP contribution in [0.4, 0.5) is 5.69 Å². The number of aromatic nitrogens is 2. The van der Waals surface area contributed by atoms with Crippen LogP contribution in [-0.4, -0.2) is 43.9 Å². The van der Waals surface area contributed by atoms with E-state index >= 15 is 0 Å². The van der Waals surface area contributed by atoms with Gasteiger partial charge in [0, 0.05) is 38.8 Å². The number of ether oxygens (including phenoxy) is 1. The fourth-order valence-corrected chi connectivity index (χ4v) is 4.81. The first-order valence-electron chi connectivity index (χ1n) is 8.53. The van der Waals surface area contributed by atoms with Gasteiger partial charge in [-0.3, -0.25) is 4.68 Å². The first-order chi connectivity index (χ1) is 12.0. The quantitative estimate of drug-likeness (QED) is 0.887. The molecule has 2 aliphatic heterocycles. The molecule has 0 aliphatic carbocycles. The molecule has 1 aromatic carbocycles. The van der Waals surface area contributed by atoms with Crippen molar-refractivity contribution in [3.8, 4) is 5.75 Å². The minimum atomic E-state index is -3.53. The number of rotatable bonds is 4. The van der Waals surface area contributed by atoms with Gasteiger partial charge in [0.1, 0.15) is 5.75 Å². The van der Waals surface area contributed by atoms with E-state index in [1.165, 1.54) is 0 Å². The minimum absolute atomic E-state index is 0.108. The highest BCUT2D eigenvalue weighted by Gasteiger charge is 2.27. The molecule has 1 unspecified atom stereocenters. The van der Waals surface area contributed by atoms with E-state index in [4.69, 9.17) is 4.74 Å². The SMILES string of the molecule is Cn1cc(N2CCCC(NS(=O)(=O)c3ccc4c(c3)CCO4)C2)cn1. The Balaban J connectivity index is 1.48. The second-order valence-corrected chi connectivity index (χ2v) is 8.36. The molecule has 1 aromatic heterocycles. The van der Waals surface area contributed by atoms with Gasteiger partial charge in [0.15, 0.2) is 0 Å². The summed E-state index contributed by atoms with van der Waals surface area (Å²) in [5.74, 6) is 0.791. The first kappa shape index (κ1) is 16.4. The van der Waals surface area contributed by atoms with Crippen LogP contribution in [0.5, 0.6) is 5.75 Å². The number of nitrogens with zero attached hydrogens (tertiary/aromatic N) is 3. The van der Waals surface area contributed by atoms with Crippen LogP contribution in [0.15, 0.2) is 35.5 Å². The zero-order valence-corrected chi connectivity index (χ0v) is 15.0. The molecule has 2 aromatic rings. The number of hydrogen-bond acceptors (Lipinski definition) is 5. The Bertz CT molecular complexity index is 878. The molecule has 1 N–H and O–H groups in total. The molecule has 0 radical (unpaired) electrons. The zero-order valence-electron chi connectivity index (χ0n) is 14.2. The van der Waals surface area contributed by atoms with Crippen molar-refractivity contribution in [1.29, 1.82) is 0 Å². The summed E-state index contributed by atoms with van der Waals surface area (Å²) in [6, 6.07) is 4.99. The minimum Gasteiger partial charge on any atom is -0.493 e. The monoisotopic (exact) mass is 362 g/mol. The lowest BCUT2D eigenvalue weighted by atomic mass is 10.1. The third kappa shape index (κ3) is 3.36. The van der Waals surface area contributed by atoms with E-state index in [0.29, 0.717) is 18.0 Å². The maximum atomic E-state index is 12.8. The normalized spacial score (nSPS) is 20.4. The summed E-state index contributed by atoms with van der Waals surface area (Å²) >= 11 is 0. The molecule has 8 heteroatoms. The van der Waals surface area contributed by atoms with E-state index in [0.717, 1.165) is 42.8 Å². The fourth-order valence-electron chi connectivity index (χ4n) is 3.50. The molecule has 1 saturated heterocycles. The lowest BCUT2D eigenvalue weighted by molar-refractivity contribution is 0.356. The smallest absolute Gasteiger partial charge is 0.240 e. The second-order valence-electron chi connectivity index (χ2n) is 6.65. The van der Waals surface area contributed by atoms with Crippen LogP contribution in [0.25, 0.3) is 0 Å². The van der Waals surface area contributed by atoms with Crippen molar-refractivity contribution in [3.63, 3.8) is 0 Å². The van der Waals surface area contributed by atoms with Gasteiger partial charge in [-0.1, -0.05) is 0 Å². The molecule has 4 rings (SSSR count). The molecule has 134 valence electrons. The molecule has 25 heavy (non-hydrogen) atoms. The molecule has 0 bridgehead atoms. The number of piperidine rings is 1. The average molecular weight is 362 g/mol. The van der Waals surface area contributed by atoms with Crippen molar-refractivity contribution >= 4 is 15.7 Å². The highest BCUT2D eigenvalue weighted by molar-refractivity contribution is 7.89. The van der Waals surface area contributed by atoms with Gasteiger partial charge in [-0.25, -0.2) is 13.1 Å². The van der Waals surface area contributed by atoms with E-state index < -0.39 is 10.0 Å². The molecular formula is C17H22N4O3S. The summed E-state index contributed by atoms with van der Waals surface area (Å²) < 4.78 is 35.6. The molecule has 7 nitrogen and oxygen atoms in total. The number of anilines is 1. The molecule has 0 saturated carbocycles. The zero-order chi connectivity index (χ0) is 17.4. The summed E-state index contributed by atoms with van der Waals surface area (Å²) in [5.41, 5.74) is 1.99. The van der Waals surface area contributed by atoms with Crippen LogP contribution in [0, 0.1) is 0 Å². The Kier molecular flexibility index (Phi) is 4.16. The lowest BCUT2D eigenvalue weighted by Crippen LogP contribution is -2.47. The standard InChI is InChI=1S/C17H22N4O3S/c1-20-12-15(10-18-20)21-7-2-3-14(11-21)19-25(22,23)16-4-5-17-13(9-16)6-8-24-17/h4-5,9-10,12,14,19H,2-3,6-8,11H2,1H3. The Hall–Kier alpha value is -2.06. The number of fused-ring (bicyclic) bond motifs is 1. The maximum absolute atomic E-state index is 12.8. The highest BCUT2D eigenvalue weighted by Crippen LogP contribution is 2.28. The Morgan fingerprint density at radius 3 is 3.04 bits per heavy atom. The van der Waals surface area contributed by atoms with Gasteiger partial charge < -0.3 is 9.64 Å². The summed E-state index contributed by atoms with van der Waals surface area (Å²) in [7, 11) is -1.65. The molecular weight excluding hydrogens is 340 g/mol. The van der Waals surface area contributed by atoms with Crippen molar-refractivity contribution in [2.45, 2.75) is 30.2 Å². The molecule has 0 amide bonds. The number of sulfonamides is 1. The second kappa shape index (κ2) is 6.34.